The summed E-state index contributed by atoms with van der Waals surface area (Å²) in [5.74, 6) is 0.826. The van der Waals surface area contributed by atoms with E-state index in [1.54, 1.807) is 12.3 Å². The van der Waals surface area contributed by atoms with Gasteiger partial charge in [0.2, 0.25) is 0 Å². The van der Waals surface area contributed by atoms with Crippen molar-refractivity contribution in [1.82, 2.24) is 19.9 Å². The van der Waals surface area contributed by atoms with Gasteiger partial charge in [0.1, 0.15) is 11.5 Å². The second-order valence-corrected chi connectivity index (χ2v) is 5.70. The number of fused-ring (bicyclic) bond motifs is 4. The van der Waals surface area contributed by atoms with Gasteiger partial charge < -0.3 is 4.90 Å². The Balaban J connectivity index is 1.73. The van der Waals surface area contributed by atoms with E-state index < -0.39 is 0 Å². The molecule has 5 nitrogen and oxygen atoms in total. The summed E-state index contributed by atoms with van der Waals surface area (Å²) in [6.45, 7) is 1.91. The summed E-state index contributed by atoms with van der Waals surface area (Å²) >= 11 is 0. The highest BCUT2D eigenvalue weighted by atomic mass is 16.2. The van der Waals surface area contributed by atoms with Crippen LogP contribution in [0.2, 0.25) is 0 Å². The van der Waals surface area contributed by atoms with Crippen LogP contribution in [0.5, 0.6) is 0 Å². The summed E-state index contributed by atoms with van der Waals surface area (Å²) in [6, 6.07) is 5.81. The van der Waals surface area contributed by atoms with E-state index in [0.717, 1.165) is 36.3 Å². The third-order valence-electron chi connectivity index (χ3n) is 4.43. The largest absolute Gasteiger partial charge is 0.327 e. The molecule has 1 saturated heterocycles. The van der Waals surface area contributed by atoms with Gasteiger partial charge in [0.25, 0.3) is 5.91 Å². The highest BCUT2D eigenvalue weighted by Gasteiger charge is 2.43. The molecule has 2 bridgehead atoms. The average molecular weight is 280 g/mol. The summed E-state index contributed by atoms with van der Waals surface area (Å²) in [5.41, 5.74) is 2.74. The number of carbonyl (C=O) groups is 1. The zero-order valence-electron chi connectivity index (χ0n) is 11.9. The molecule has 4 heterocycles. The molecule has 2 aliphatic rings. The number of rotatable bonds is 1. The maximum Gasteiger partial charge on any atom is 0.273 e. The zero-order chi connectivity index (χ0) is 14.4. The van der Waals surface area contributed by atoms with E-state index in [0.29, 0.717) is 5.69 Å². The van der Waals surface area contributed by atoms with Crippen LogP contribution in [0.1, 0.15) is 46.5 Å². The SMILES string of the molecule is Cc1ncc2c(n1)CC1CCC2N1C(=O)c1ccccn1. The van der Waals surface area contributed by atoms with Gasteiger partial charge in [-0.05, 0) is 31.9 Å². The molecule has 1 amide bonds. The van der Waals surface area contributed by atoms with Crippen molar-refractivity contribution in [3.05, 3.63) is 53.4 Å². The molecule has 0 aliphatic carbocycles. The van der Waals surface area contributed by atoms with E-state index >= 15 is 0 Å². The molecule has 106 valence electrons. The quantitative estimate of drug-likeness (QED) is 0.802. The molecule has 0 saturated carbocycles. The minimum Gasteiger partial charge on any atom is -0.327 e. The van der Waals surface area contributed by atoms with Crippen LogP contribution in [0.3, 0.4) is 0 Å². The molecule has 2 unspecified atom stereocenters. The summed E-state index contributed by atoms with van der Waals surface area (Å²) in [5, 5.41) is 0. The molecule has 2 aromatic rings. The number of aryl methyl sites for hydroxylation is 1. The fourth-order valence-corrected chi connectivity index (χ4v) is 3.51. The average Bonchev–Trinajstić information content (AvgIpc) is 2.82. The van der Waals surface area contributed by atoms with Crippen molar-refractivity contribution in [3.63, 3.8) is 0 Å². The van der Waals surface area contributed by atoms with Crippen molar-refractivity contribution >= 4 is 5.91 Å². The number of carbonyl (C=O) groups excluding carboxylic acids is 1. The summed E-state index contributed by atoms with van der Waals surface area (Å²) in [6.07, 6.45) is 6.40. The minimum atomic E-state index is 0.0225. The van der Waals surface area contributed by atoms with Crippen LogP contribution in [0.15, 0.2) is 30.6 Å². The van der Waals surface area contributed by atoms with E-state index in [4.69, 9.17) is 0 Å². The predicted molar refractivity (Wildman–Crippen MR) is 76.6 cm³/mol. The maximum absolute atomic E-state index is 12.8. The van der Waals surface area contributed by atoms with Gasteiger partial charge in [-0.2, -0.15) is 0 Å². The molecule has 5 heteroatoms. The molecule has 0 aromatic carbocycles. The van der Waals surface area contributed by atoms with Crippen LogP contribution >= 0.6 is 0 Å². The predicted octanol–water partition coefficient (Wildman–Crippen LogP) is 2.08. The van der Waals surface area contributed by atoms with Crippen LogP contribution < -0.4 is 0 Å². The molecule has 2 atom stereocenters. The van der Waals surface area contributed by atoms with Gasteiger partial charge in [0.15, 0.2) is 0 Å². The van der Waals surface area contributed by atoms with Gasteiger partial charge in [-0.1, -0.05) is 6.07 Å². The number of pyridine rings is 1. The Morgan fingerprint density at radius 2 is 2.19 bits per heavy atom. The fourth-order valence-electron chi connectivity index (χ4n) is 3.51. The number of hydrogen-bond donors (Lipinski definition) is 0. The first-order chi connectivity index (χ1) is 10.2. The van der Waals surface area contributed by atoms with Gasteiger partial charge in [0, 0.05) is 30.4 Å². The van der Waals surface area contributed by atoms with Crippen LogP contribution in [0.25, 0.3) is 0 Å². The molecular weight excluding hydrogens is 264 g/mol. The van der Waals surface area contributed by atoms with Gasteiger partial charge in [0.05, 0.1) is 11.7 Å². The first-order valence-electron chi connectivity index (χ1n) is 7.30. The highest BCUT2D eigenvalue weighted by molar-refractivity contribution is 5.93. The van der Waals surface area contributed by atoms with E-state index in [1.165, 1.54) is 0 Å². The van der Waals surface area contributed by atoms with Gasteiger partial charge in [-0.15, -0.1) is 0 Å². The molecule has 2 aliphatic heterocycles. The molecule has 0 radical (unpaired) electrons. The maximum atomic E-state index is 12.8. The molecule has 2 aromatic heterocycles. The van der Waals surface area contributed by atoms with Crippen molar-refractivity contribution in [3.8, 4) is 0 Å². The van der Waals surface area contributed by atoms with Crippen LogP contribution in [-0.2, 0) is 6.42 Å². The Labute approximate surface area is 123 Å². The lowest BCUT2D eigenvalue weighted by Gasteiger charge is -2.35. The van der Waals surface area contributed by atoms with Crippen molar-refractivity contribution in [1.29, 1.82) is 0 Å². The van der Waals surface area contributed by atoms with Crippen molar-refractivity contribution in [2.45, 2.75) is 38.3 Å². The van der Waals surface area contributed by atoms with Crippen molar-refractivity contribution < 1.29 is 4.79 Å². The molecular formula is C16H16N4O. The molecule has 4 rings (SSSR count). The van der Waals surface area contributed by atoms with Gasteiger partial charge in [-0.25, -0.2) is 9.97 Å². The van der Waals surface area contributed by atoms with Crippen LogP contribution in [-0.4, -0.2) is 31.8 Å². The first-order valence-corrected chi connectivity index (χ1v) is 7.30. The Morgan fingerprint density at radius 1 is 1.29 bits per heavy atom. The molecule has 1 fully saturated rings. The Morgan fingerprint density at radius 3 is 3.00 bits per heavy atom. The summed E-state index contributed by atoms with van der Waals surface area (Å²) in [7, 11) is 0. The summed E-state index contributed by atoms with van der Waals surface area (Å²) in [4.78, 5) is 27.8. The highest BCUT2D eigenvalue weighted by Crippen LogP contribution is 2.43. The fraction of sp³-hybridized carbons (Fsp3) is 0.375. The van der Waals surface area contributed by atoms with E-state index in [1.807, 2.05) is 30.2 Å². The van der Waals surface area contributed by atoms with Crippen molar-refractivity contribution in [2.75, 3.05) is 0 Å². The lowest BCUT2D eigenvalue weighted by molar-refractivity contribution is 0.0637. The Bertz CT molecular complexity index is 701. The minimum absolute atomic E-state index is 0.0225. The van der Waals surface area contributed by atoms with Crippen LogP contribution in [0, 0.1) is 6.92 Å². The molecule has 21 heavy (non-hydrogen) atoms. The Hall–Kier alpha value is -2.30. The lowest BCUT2D eigenvalue weighted by Crippen LogP contribution is -2.42. The molecule has 0 N–H and O–H groups in total. The number of nitrogens with zero attached hydrogens (tertiary/aromatic N) is 4. The second kappa shape index (κ2) is 4.62. The summed E-state index contributed by atoms with van der Waals surface area (Å²) < 4.78 is 0. The van der Waals surface area contributed by atoms with Gasteiger partial charge in [-0.3, -0.25) is 9.78 Å². The number of aromatic nitrogens is 3. The standard InChI is InChI=1S/C16H16N4O/c1-10-18-9-12-14(19-10)8-11-5-6-15(12)20(11)16(21)13-4-2-3-7-17-13/h2-4,7,9,11,15H,5-6,8H2,1H3. The monoisotopic (exact) mass is 280 g/mol. The second-order valence-electron chi connectivity index (χ2n) is 5.70. The number of hydrogen-bond acceptors (Lipinski definition) is 4. The zero-order valence-corrected chi connectivity index (χ0v) is 11.9. The van der Waals surface area contributed by atoms with E-state index in [-0.39, 0.29) is 18.0 Å². The third kappa shape index (κ3) is 1.92. The van der Waals surface area contributed by atoms with Crippen LogP contribution in [0.4, 0.5) is 0 Å². The topological polar surface area (TPSA) is 59.0 Å². The number of amides is 1. The normalized spacial score (nSPS) is 23.0. The van der Waals surface area contributed by atoms with E-state index in [2.05, 4.69) is 15.0 Å². The third-order valence-corrected chi connectivity index (χ3v) is 4.43. The lowest BCUT2D eigenvalue weighted by atomic mass is 9.98. The smallest absolute Gasteiger partial charge is 0.273 e. The van der Waals surface area contributed by atoms with E-state index in [9.17, 15) is 4.79 Å². The first kappa shape index (κ1) is 12.4. The molecule has 0 spiro atoms. The van der Waals surface area contributed by atoms with Crippen molar-refractivity contribution in [2.24, 2.45) is 0 Å². The van der Waals surface area contributed by atoms with Gasteiger partial charge >= 0.3 is 0 Å². The Kier molecular flexibility index (Phi) is 2.74.